The third kappa shape index (κ3) is 3.39. The van der Waals surface area contributed by atoms with Gasteiger partial charge in [0.1, 0.15) is 0 Å². The minimum Gasteiger partial charge on any atom is -0.454 e. The lowest BCUT2D eigenvalue weighted by Gasteiger charge is -2.47. The smallest absolute Gasteiger partial charge is 0.328 e. The Kier molecular flexibility index (Phi) is 4.83. The predicted molar refractivity (Wildman–Crippen MR) is 110 cm³/mol. The van der Waals surface area contributed by atoms with Crippen LogP contribution in [0.4, 0.5) is 4.79 Å². The maximum absolute atomic E-state index is 13.4. The highest BCUT2D eigenvalue weighted by atomic mass is 16.7. The summed E-state index contributed by atoms with van der Waals surface area (Å²) in [5.41, 5.74) is 3.08. The summed E-state index contributed by atoms with van der Waals surface area (Å²) in [7, 11) is 0. The normalized spacial score (nSPS) is 23.0. The lowest BCUT2D eigenvalue weighted by Crippen LogP contribution is -2.66. The molecule has 0 aromatic heterocycles. The zero-order valence-electron chi connectivity index (χ0n) is 17.0. The van der Waals surface area contributed by atoms with Crippen LogP contribution in [0, 0.1) is 12.8 Å². The first-order valence-corrected chi connectivity index (χ1v) is 10.4. The van der Waals surface area contributed by atoms with Crippen molar-refractivity contribution in [1.29, 1.82) is 0 Å². The molecule has 2 atom stereocenters. The maximum Gasteiger partial charge on any atom is 0.328 e. The number of carbonyl (C=O) groups excluding carboxylic acids is 2. The average molecular weight is 407 g/mol. The van der Waals surface area contributed by atoms with Gasteiger partial charge in [0, 0.05) is 6.54 Å². The van der Waals surface area contributed by atoms with Crippen LogP contribution < -0.4 is 14.8 Å². The van der Waals surface area contributed by atoms with Crippen molar-refractivity contribution in [3.63, 3.8) is 0 Å². The summed E-state index contributed by atoms with van der Waals surface area (Å²) in [6.45, 7) is 3.74. The molecule has 0 radical (unpaired) electrons. The summed E-state index contributed by atoms with van der Waals surface area (Å²) in [6, 6.07) is 13.5. The van der Waals surface area contributed by atoms with E-state index in [1.807, 2.05) is 54.3 Å². The van der Waals surface area contributed by atoms with Gasteiger partial charge < -0.3 is 14.4 Å². The van der Waals surface area contributed by atoms with Crippen LogP contribution >= 0.6 is 0 Å². The van der Waals surface area contributed by atoms with Gasteiger partial charge in [-0.25, -0.2) is 4.79 Å². The van der Waals surface area contributed by atoms with E-state index in [0.717, 1.165) is 30.5 Å². The predicted octanol–water partition coefficient (Wildman–Crippen LogP) is 3.01. The molecule has 3 heterocycles. The van der Waals surface area contributed by atoms with Crippen molar-refractivity contribution in [3.05, 3.63) is 59.2 Å². The topological polar surface area (TPSA) is 71.1 Å². The Balaban J connectivity index is 1.42. The molecule has 7 heteroatoms. The number of carbonyl (C=O) groups is 2. The Morgan fingerprint density at radius 2 is 1.77 bits per heavy atom. The molecule has 2 saturated heterocycles. The lowest BCUT2D eigenvalue weighted by molar-refractivity contribution is -0.142. The molecule has 3 amide bonds. The molecular weight excluding hydrogens is 382 g/mol. The fourth-order valence-corrected chi connectivity index (χ4v) is 4.45. The first kappa shape index (κ1) is 18.9. The number of rotatable bonds is 4. The maximum atomic E-state index is 13.4. The number of aryl methyl sites for hydroxylation is 1. The molecule has 5 rings (SSSR count). The van der Waals surface area contributed by atoms with E-state index in [9.17, 15) is 9.59 Å². The summed E-state index contributed by atoms with van der Waals surface area (Å²) in [5, 5.41) is 3.40. The molecule has 30 heavy (non-hydrogen) atoms. The van der Waals surface area contributed by atoms with E-state index in [0.29, 0.717) is 18.0 Å². The molecule has 0 spiro atoms. The van der Waals surface area contributed by atoms with Crippen molar-refractivity contribution in [3.8, 4) is 11.5 Å². The van der Waals surface area contributed by atoms with Gasteiger partial charge >= 0.3 is 6.03 Å². The van der Waals surface area contributed by atoms with Gasteiger partial charge in [0.25, 0.3) is 0 Å². The molecule has 2 unspecified atom stereocenters. The Morgan fingerprint density at radius 3 is 2.60 bits per heavy atom. The molecule has 1 N–H and O–H groups in total. The molecule has 2 fully saturated rings. The van der Waals surface area contributed by atoms with Crippen molar-refractivity contribution >= 4 is 11.9 Å². The summed E-state index contributed by atoms with van der Waals surface area (Å²) in [4.78, 5) is 29.9. The number of ether oxygens (including phenoxy) is 2. The molecule has 3 aliphatic rings. The van der Waals surface area contributed by atoms with Crippen LogP contribution in [-0.4, -0.2) is 41.2 Å². The number of nitrogens with zero attached hydrogens (tertiary/aromatic N) is 2. The van der Waals surface area contributed by atoms with Crippen molar-refractivity contribution in [1.82, 2.24) is 15.1 Å². The molecular formula is C23H25N3O4. The van der Waals surface area contributed by atoms with Crippen molar-refractivity contribution in [2.75, 3.05) is 13.3 Å². The average Bonchev–Trinajstić information content (AvgIpc) is 3.23. The number of hydrogen-bond donors (Lipinski definition) is 1. The van der Waals surface area contributed by atoms with Gasteiger partial charge in [-0.3, -0.25) is 15.0 Å². The standard InChI is InChI=1S/C23H25N3O4/c1-15-4-6-16(7-5-15)12-25-21-18(3-2-10-24-21)22(27)26(23(25)28)13-17-8-9-19-20(11-17)30-14-29-19/h4-9,11,18,21,24H,2-3,10,12-14H2,1H3. The zero-order valence-corrected chi connectivity index (χ0v) is 17.0. The fourth-order valence-electron chi connectivity index (χ4n) is 4.45. The van der Waals surface area contributed by atoms with Crippen LogP contribution in [0.1, 0.15) is 29.5 Å². The molecule has 156 valence electrons. The second kappa shape index (κ2) is 7.65. The molecule has 3 aliphatic heterocycles. The SMILES string of the molecule is Cc1ccc(CN2C(=O)N(Cc3ccc4c(c3)OCO4)C(=O)C3CCCNC32)cc1. The number of amides is 3. The molecule has 0 saturated carbocycles. The van der Waals surface area contributed by atoms with Crippen molar-refractivity contribution < 1.29 is 19.1 Å². The number of urea groups is 1. The van der Waals surface area contributed by atoms with E-state index in [4.69, 9.17) is 9.47 Å². The molecule has 2 aromatic rings. The summed E-state index contributed by atoms with van der Waals surface area (Å²) in [6.07, 6.45) is 1.46. The zero-order chi connectivity index (χ0) is 20.7. The quantitative estimate of drug-likeness (QED) is 0.844. The summed E-state index contributed by atoms with van der Waals surface area (Å²) >= 11 is 0. The Labute approximate surface area is 175 Å². The van der Waals surface area contributed by atoms with E-state index in [1.165, 1.54) is 10.5 Å². The number of piperidine rings is 1. The minimum absolute atomic E-state index is 0.102. The highest BCUT2D eigenvalue weighted by Crippen LogP contribution is 2.34. The van der Waals surface area contributed by atoms with E-state index < -0.39 is 0 Å². The van der Waals surface area contributed by atoms with Gasteiger partial charge in [0.2, 0.25) is 12.7 Å². The second-order valence-electron chi connectivity index (χ2n) is 8.16. The van der Waals surface area contributed by atoms with Crippen LogP contribution in [-0.2, 0) is 17.9 Å². The highest BCUT2D eigenvalue weighted by Gasteiger charge is 2.47. The monoisotopic (exact) mass is 407 g/mol. The first-order valence-electron chi connectivity index (χ1n) is 10.4. The number of hydrogen-bond acceptors (Lipinski definition) is 5. The number of nitrogens with one attached hydrogen (secondary N) is 1. The van der Waals surface area contributed by atoms with E-state index in [2.05, 4.69) is 5.32 Å². The molecule has 0 bridgehead atoms. The fraction of sp³-hybridized carbons (Fsp3) is 0.391. The number of imide groups is 1. The lowest BCUT2D eigenvalue weighted by atomic mass is 9.91. The number of fused-ring (bicyclic) bond motifs is 2. The Bertz CT molecular complexity index is 975. The van der Waals surface area contributed by atoms with E-state index in [1.54, 1.807) is 0 Å². The highest BCUT2D eigenvalue weighted by molar-refractivity contribution is 5.98. The summed E-state index contributed by atoms with van der Waals surface area (Å²) in [5.74, 6) is 1.01. The van der Waals surface area contributed by atoms with Crippen LogP contribution in [0.2, 0.25) is 0 Å². The summed E-state index contributed by atoms with van der Waals surface area (Å²) < 4.78 is 10.8. The van der Waals surface area contributed by atoms with Crippen molar-refractivity contribution in [2.24, 2.45) is 5.92 Å². The second-order valence-corrected chi connectivity index (χ2v) is 8.16. The van der Waals surface area contributed by atoms with Crippen LogP contribution in [0.15, 0.2) is 42.5 Å². The first-order chi connectivity index (χ1) is 14.6. The van der Waals surface area contributed by atoms with Gasteiger partial charge in [-0.2, -0.15) is 0 Å². The van der Waals surface area contributed by atoms with Gasteiger partial charge in [-0.05, 0) is 49.6 Å². The molecule has 2 aromatic carbocycles. The molecule has 7 nitrogen and oxygen atoms in total. The van der Waals surface area contributed by atoms with Gasteiger partial charge in [0.05, 0.1) is 18.6 Å². The Morgan fingerprint density at radius 1 is 1.00 bits per heavy atom. The van der Waals surface area contributed by atoms with Gasteiger partial charge in [0.15, 0.2) is 11.5 Å². The van der Waals surface area contributed by atoms with Crippen LogP contribution in [0.25, 0.3) is 0 Å². The Hall–Kier alpha value is -3.06. The third-order valence-electron chi connectivity index (χ3n) is 6.07. The number of benzene rings is 2. The minimum atomic E-state index is -0.256. The molecule has 0 aliphatic carbocycles. The van der Waals surface area contributed by atoms with E-state index >= 15 is 0 Å². The van der Waals surface area contributed by atoms with Crippen LogP contribution in [0.3, 0.4) is 0 Å². The largest absolute Gasteiger partial charge is 0.454 e. The third-order valence-corrected chi connectivity index (χ3v) is 6.07. The van der Waals surface area contributed by atoms with Gasteiger partial charge in [-0.1, -0.05) is 35.9 Å². The van der Waals surface area contributed by atoms with E-state index in [-0.39, 0.29) is 37.4 Å². The van der Waals surface area contributed by atoms with Crippen molar-refractivity contribution in [2.45, 2.75) is 39.0 Å². The van der Waals surface area contributed by atoms with Crippen LogP contribution in [0.5, 0.6) is 11.5 Å². The van der Waals surface area contributed by atoms with Gasteiger partial charge in [-0.15, -0.1) is 0 Å².